The fraction of sp³-hybridized carbons (Fsp3) is 0.909. The zero-order valence-corrected chi connectivity index (χ0v) is 10.7. The molecule has 2 aliphatic heterocycles. The van der Waals surface area contributed by atoms with E-state index in [2.05, 4.69) is 5.87 Å². The molecule has 5 heteroatoms. The quantitative estimate of drug-likeness (QED) is 0.629. The molecule has 2 saturated heterocycles. The topological polar surface area (TPSA) is 51.2 Å². The molecule has 2 fully saturated rings. The summed E-state index contributed by atoms with van der Waals surface area (Å²) in [5, 5.41) is 0. The van der Waals surface area contributed by atoms with Crippen molar-refractivity contribution in [3.63, 3.8) is 0 Å². The Balaban J connectivity index is 0.000000267. The van der Waals surface area contributed by atoms with E-state index in [-0.39, 0.29) is 7.43 Å². The van der Waals surface area contributed by atoms with E-state index < -0.39 is 19.4 Å². The average molecular weight is 268 g/mol. The van der Waals surface area contributed by atoms with Crippen molar-refractivity contribution in [2.24, 2.45) is 0 Å². The summed E-state index contributed by atoms with van der Waals surface area (Å²) >= 11 is 0. The standard InChI is InChI=1S/C6H12OS.C4H8O2S.CH4/c1-8(7)5-3-2-4-6-8;5-7(6)3-1-2-4-7;/h1-6H2;1-4H2;1H4. The minimum Gasteiger partial charge on any atom is -0.268 e. The summed E-state index contributed by atoms with van der Waals surface area (Å²) in [7, 11) is -4.13. The summed E-state index contributed by atoms with van der Waals surface area (Å²) < 4.78 is 32.0. The molecule has 0 atom stereocenters. The predicted molar refractivity (Wildman–Crippen MR) is 73.5 cm³/mol. The van der Waals surface area contributed by atoms with E-state index in [1.165, 1.54) is 6.42 Å². The number of hydrogen-bond acceptors (Lipinski definition) is 3. The Kier molecular flexibility index (Phi) is 6.63. The van der Waals surface area contributed by atoms with Crippen LogP contribution >= 0.6 is 0 Å². The molecule has 0 aromatic rings. The highest BCUT2D eigenvalue weighted by Crippen LogP contribution is 2.09. The first kappa shape index (κ1) is 16.0. The van der Waals surface area contributed by atoms with Crippen LogP contribution in [0.4, 0.5) is 0 Å². The second-order valence-electron chi connectivity index (χ2n) is 4.29. The van der Waals surface area contributed by atoms with Crippen LogP contribution in [0.3, 0.4) is 0 Å². The van der Waals surface area contributed by atoms with E-state index in [0.717, 1.165) is 37.2 Å². The van der Waals surface area contributed by atoms with Gasteiger partial charge in [-0.2, -0.15) is 0 Å². The van der Waals surface area contributed by atoms with Crippen LogP contribution in [-0.2, 0) is 19.4 Å². The molecular formula is C11H24O3S2. The number of rotatable bonds is 0. The van der Waals surface area contributed by atoms with Gasteiger partial charge in [-0.1, -0.05) is 13.8 Å². The molecule has 16 heavy (non-hydrogen) atoms. The highest BCUT2D eigenvalue weighted by molar-refractivity contribution is 8.00. The first-order valence-corrected chi connectivity index (χ1v) is 9.33. The summed E-state index contributed by atoms with van der Waals surface area (Å²) in [5.41, 5.74) is 0. The fourth-order valence-corrected chi connectivity index (χ4v) is 4.91. The highest BCUT2D eigenvalue weighted by Gasteiger charge is 2.16. The minimum absolute atomic E-state index is 0. The van der Waals surface area contributed by atoms with Gasteiger partial charge in [0.05, 0.1) is 11.5 Å². The van der Waals surface area contributed by atoms with E-state index in [1.54, 1.807) is 0 Å². The van der Waals surface area contributed by atoms with Gasteiger partial charge in [-0.05, 0) is 41.1 Å². The third kappa shape index (κ3) is 6.53. The molecule has 0 aliphatic carbocycles. The SMILES string of the molecule is C.C=S1(=O)CCCCC1.O=S1(=O)CCCC1. The van der Waals surface area contributed by atoms with Crippen LogP contribution in [0.25, 0.3) is 0 Å². The molecule has 2 aliphatic rings. The lowest BCUT2D eigenvalue weighted by atomic mass is 10.3. The van der Waals surface area contributed by atoms with Crippen LogP contribution < -0.4 is 0 Å². The Morgan fingerprint density at radius 2 is 1.06 bits per heavy atom. The Morgan fingerprint density at radius 1 is 0.688 bits per heavy atom. The Hall–Kier alpha value is -0.0300. The van der Waals surface area contributed by atoms with Crippen molar-refractivity contribution in [1.29, 1.82) is 0 Å². The van der Waals surface area contributed by atoms with E-state index >= 15 is 0 Å². The maximum atomic E-state index is 11.1. The van der Waals surface area contributed by atoms with Gasteiger partial charge < -0.3 is 0 Å². The summed E-state index contributed by atoms with van der Waals surface area (Å²) in [6.45, 7) is 0. The minimum atomic E-state index is -2.55. The van der Waals surface area contributed by atoms with Crippen molar-refractivity contribution in [3.05, 3.63) is 0 Å². The molecule has 0 aromatic heterocycles. The van der Waals surface area contributed by atoms with E-state index in [4.69, 9.17) is 0 Å². The van der Waals surface area contributed by atoms with Gasteiger partial charge in [0.1, 0.15) is 9.84 Å². The Labute approximate surface area is 101 Å². The van der Waals surface area contributed by atoms with Gasteiger partial charge in [0.15, 0.2) is 0 Å². The van der Waals surface area contributed by atoms with Crippen molar-refractivity contribution in [2.45, 2.75) is 39.5 Å². The molecule has 0 radical (unpaired) electrons. The number of sulfone groups is 1. The average Bonchev–Trinajstić information content (AvgIpc) is 2.51. The second-order valence-corrected chi connectivity index (χ2v) is 9.35. The third-order valence-corrected chi connectivity index (χ3v) is 6.58. The Morgan fingerprint density at radius 3 is 1.25 bits per heavy atom. The van der Waals surface area contributed by atoms with Gasteiger partial charge in [-0.25, -0.2) is 8.42 Å². The van der Waals surface area contributed by atoms with Crippen molar-refractivity contribution in [2.75, 3.05) is 23.0 Å². The van der Waals surface area contributed by atoms with Crippen LogP contribution in [0.15, 0.2) is 0 Å². The first-order chi connectivity index (χ1) is 6.91. The lowest BCUT2D eigenvalue weighted by Crippen LogP contribution is -2.15. The lowest BCUT2D eigenvalue weighted by Gasteiger charge is -2.13. The van der Waals surface area contributed by atoms with Crippen molar-refractivity contribution < 1.29 is 12.6 Å². The van der Waals surface area contributed by atoms with Gasteiger partial charge in [0, 0.05) is 11.5 Å². The smallest absolute Gasteiger partial charge is 0.150 e. The van der Waals surface area contributed by atoms with E-state index in [0.29, 0.717) is 11.5 Å². The molecule has 0 saturated carbocycles. The van der Waals surface area contributed by atoms with Crippen LogP contribution in [0.5, 0.6) is 0 Å². The highest BCUT2D eigenvalue weighted by atomic mass is 32.2. The van der Waals surface area contributed by atoms with Gasteiger partial charge in [-0.3, -0.25) is 4.21 Å². The summed E-state index contributed by atoms with van der Waals surface area (Å²) in [6.07, 6.45) is 5.27. The largest absolute Gasteiger partial charge is 0.268 e. The van der Waals surface area contributed by atoms with E-state index in [9.17, 15) is 12.6 Å². The van der Waals surface area contributed by atoms with Crippen LogP contribution in [0.1, 0.15) is 39.5 Å². The van der Waals surface area contributed by atoms with Gasteiger partial charge in [0.25, 0.3) is 0 Å². The lowest BCUT2D eigenvalue weighted by molar-refractivity contribution is 0.602. The fourth-order valence-electron chi connectivity index (χ4n) is 1.76. The molecular weight excluding hydrogens is 244 g/mol. The monoisotopic (exact) mass is 268 g/mol. The zero-order valence-electron chi connectivity index (χ0n) is 9.11. The Bertz CT molecular complexity index is 355. The molecule has 0 N–H and O–H groups in total. The van der Waals surface area contributed by atoms with Crippen LogP contribution in [0.2, 0.25) is 0 Å². The molecule has 2 rings (SSSR count). The molecule has 0 spiro atoms. The molecule has 0 amide bonds. The number of hydrogen-bond donors (Lipinski definition) is 0. The normalized spacial score (nSPS) is 26.0. The van der Waals surface area contributed by atoms with Crippen molar-refractivity contribution in [1.82, 2.24) is 0 Å². The maximum absolute atomic E-state index is 11.1. The van der Waals surface area contributed by atoms with Gasteiger partial charge >= 0.3 is 0 Å². The molecule has 3 nitrogen and oxygen atoms in total. The molecule has 0 unspecified atom stereocenters. The summed E-state index contributed by atoms with van der Waals surface area (Å²) in [5.74, 6) is 6.24. The van der Waals surface area contributed by atoms with Gasteiger partial charge in [0.2, 0.25) is 0 Å². The van der Waals surface area contributed by atoms with Gasteiger partial charge in [-0.15, -0.1) is 0 Å². The summed E-state index contributed by atoms with van der Waals surface area (Å²) in [6, 6.07) is 0. The second kappa shape index (κ2) is 6.64. The molecule has 2 heterocycles. The molecule has 0 bridgehead atoms. The predicted octanol–water partition coefficient (Wildman–Crippen LogP) is 1.72. The van der Waals surface area contributed by atoms with E-state index in [1.807, 2.05) is 0 Å². The summed E-state index contributed by atoms with van der Waals surface area (Å²) in [4.78, 5) is 0. The zero-order chi connectivity index (χ0) is 11.4. The van der Waals surface area contributed by atoms with Crippen LogP contribution in [0, 0.1) is 0 Å². The maximum Gasteiger partial charge on any atom is 0.150 e. The molecule has 0 aromatic carbocycles. The van der Waals surface area contributed by atoms with Crippen LogP contribution in [-0.4, -0.2) is 41.5 Å². The third-order valence-electron chi connectivity index (χ3n) is 2.69. The van der Waals surface area contributed by atoms with Crippen molar-refractivity contribution >= 4 is 25.2 Å². The first-order valence-electron chi connectivity index (χ1n) is 5.44. The molecule has 98 valence electrons. The van der Waals surface area contributed by atoms with Crippen molar-refractivity contribution in [3.8, 4) is 0 Å².